The molecule has 1 N–H and O–H groups in total. The molecule has 1 aliphatic carbocycles. The summed E-state index contributed by atoms with van der Waals surface area (Å²) in [4.78, 5) is 0. The van der Waals surface area contributed by atoms with Crippen LogP contribution in [0.4, 0.5) is 0 Å². The fourth-order valence-electron chi connectivity index (χ4n) is 1.62. The van der Waals surface area contributed by atoms with Gasteiger partial charge in [-0.2, -0.15) is 0 Å². The fourth-order valence-corrected chi connectivity index (χ4v) is 5.15. The third kappa shape index (κ3) is 2.50. The molecule has 1 aromatic heterocycles. The van der Waals surface area contributed by atoms with Gasteiger partial charge in [-0.25, -0.2) is 13.1 Å². The van der Waals surface area contributed by atoms with E-state index in [0.29, 0.717) is 15.2 Å². The van der Waals surface area contributed by atoms with Crippen LogP contribution in [-0.4, -0.2) is 15.0 Å². The lowest BCUT2D eigenvalue weighted by Crippen LogP contribution is -2.29. The lowest BCUT2D eigenvalue weighted by molar-refractivity contribution is 0.476. The summed E-state index contributed by atoms with van der Waals surface area (Å²) >= 11 is 4.48. The first-order valence-electron chi connectivity index (χ1n) is 5.22. The molecule has 1 saturated carbocycles. The molecule has 1 heterocycles. The highest BCUT2D eigenvalue weighted by Crippen LogP contribution is 2.48. The van der Waals surface area contributed by atoms with E-state index in [9.17, 15) is 8.42 Å². The summed E-state index contributed by atoms with van der Waals surface area (Å²) in [5.74, 6) is 0. The molecule has 0 aromatic carbocycles. The molecule has 90 valence electrons. The summed E-state index contributed by atoms with van der Waals surface area (Å²) in [5, 5.41) is 1.77. The fraction of sp³-hybridized carbons (Fsp3) is 0.600. The van der Waals surface area contributed by atoms with Crippen molar-refractivity contribution < 1.29 is 8.42 Å². The van der Waals surface area contributed by atoms with Crippen LogP contribution in [0.2, 0.25) is 0 Å². The highest BCUT2D eigenvalue weighted by Gasteiger charge is 2.41. The van der Waals surface area contributed by atoms with Gasteiger partial charge in [0.05, 0.1) is 0 Å². The number of hydrogen-bond donors (Lipinski definition) is 1. The van der Waals surface area contributed by atoms with Crippen LogP contribution < -0.4 is 4.72 Å². The summed E-state index contributed by atoms with van der Waals surface area (Å²) in [6, 6.07) is 1.76. The molecule has 1 fully saturated rings. The molecular weight excluding hydrogens is 310 g/mol. The van der Waals surface area contributed by atoms with Gasteiger partial charge < -0.3 is 0 Å². The molecule has 0 spiro atoms. The zero-order valence-electron chi connectivity index (χ0n) is 8.99. The van der Waals surface area contributed by atoms with Crippen molar-refractivity contribution in [3.63, 3.8) is 0 Å². The van der Waals surface area contributed by atoms with Gasteiger partial charge in [0, 0.05) is 11.0 Å². The molecule has 0 atom stereocenters. The lowest BCUT2D eigenvalue weighted by Gasteiger charge is -2.13. The standard InChI is InChI=1S/C10H14BrNO2S2/c1-2-10(4-5-10)7-12-16(13,14)9-8(11)3-6-15-9/h3,6,12H,2,4-5,7H2,1H3. The van der Waals surface area contributed by atoms with Crippen molar-refractivity contribution in [3.05, 3.63) is 15.9 Å². The number of hydrogen-bond acceptors (Lipinski definition) is 3. The largest absolute Gasteiger partial charge is 0.251 e. The number of nitrogens with one attached hydrogen (secondary N) is 1. The average molecular weight is 324 g/mol. The molecule has 2 rings (SSSR count). The smallest absolute Gasteiger partial charge is 0.210 e. The Morgan fingerprint density at radius 1 is 1.56 bits per heavy atom. The molecule has 0 bridgehead atoms. The number of thiophene rings is 1. The van der Waals surface area contributed by atoms with E-state index in [4.69, 9.17) is 0 Å². The second-order valence-electron chi connectivity index (χ2n) is 4.23. The minimum absolute atomic E-state index is 0.233. The van der Waals surface area contributed by atoms with E-state index in [0.717, 1.165) is 19.3 Å². The Hall–Kier alpha value is 0.0900. The molecule has 6 heteroatoms. The van der Waals surface area contributed by atoms with Crippen LogP contribution in [0.1, 0.15) is 26.2 Å². The van der Waals surface area contributed by atoms with Gasteiger partial charge in [-0.05, 0) is 52.1 Å². The van der Waals surface area contributed by atoms with Crippen LogP contribution >= 0.6 is 27.3 Å². The number of sulfonamides is 1. The molecule has 0 saturated heterocycles. The van der Waals surface area contributed by atoms with E-state index in [-0.39, 0.29) is 5.41 Å². The molecule has 0 radical (unpaired) electrons. The van der Waals surface area contributed by atoms with Crippen LogP contribution in [0.15, 0.2) is 20.1 Å². The van der Waals surface area contributed by atoms with Gasteiger partial charge in [-0.15, -0.1) is 11.3 Å². The molecule has 1 aliphatic rings. The first-order chi connectivity index (χ1) is 7.49. The van der Waals surface area contributed by atoms with E-state index in [1.807, 2.05) is 0 Å². The Bertz CT molecular complexity index is 477. The third-order valence-electron chi connectivity index (χ3n) is 3.17. The molecule has 1 aromatic rings. The van der Waals surface area contributed by atoms with Crippen molar-refractivity contribution in [2.75, 3.05) is 6.54 Å². The Labute approximate surface area is 108 Å². The normalized spacial score (nSPS) is 18.6. The average Bonchev–Trinajstić information content (AvgIpc) is 2.91. The topological polar surface area (TPSA) is 46.2 Å². The van der Waals surface area contributed by atoms with Crippen molar-refractivity contribution >= 4 is 37.3 Å². The van der Waals surface area contributed by atoms with Gasteiger partial charge in [-0.3, -0.25) is 0 Å². The van der Waals surface area contributed by atoms with E-state index in [2.05, 4.69) is 27.6 Å². The maximum absolute atomic E-state index is 12.0. The van der Waals surface area contributed by atoms with Gasteiger partial charge >= 0.3 is 0 Å². The van der Waals surface area contributed by atoms with Crippen molar-refractivity contribution in [3.8, 4) is 0 Å². The van der Waals surface area contributed by atoms with E-state index in [1.165, 1.54) is 11.3 Å². The van der Waals surface area contributed by atoms with Crippen molar-refractivity contribution in [1.29, 1.82) is 0 Å². The van der Waals surface area contributed by atoms with Crippen molar-refractivity contribution in [1.82, 2.24) is 4.72 Å². The molecule has 3 nitrogen and oxygen atoms in total. The van der Waals surface area contributed by atoms with Gasteiger partial charge in [0.1, 0.15) is 4.21 Å². The van der Waals surface area contributed by atoms with Crippen LogP contribution in [-0.2, 0) is 10.0 Å². The minimum Gasteiger partial charge on any atom is -0.210 e. The molecule has 0 aliphatic heterocycles. The minimum atomic E-state index is -3.33. The summed E-state index contributed by atoms with van der Waals surface area (Å²) in [6.07, 6.45) is 3.32. The van der Waals surface area contributed by atoms with Crippen molar-refractivity contribution in [2.45, 2.75) is 30.4 Å². The first kappa shape index (κ1) is 12.5. The first-order valence-corrected chi connectivity index (χ1v) is 8.37. The predicted octanol–water partition coefficient (Wildman–Crippen LogP) is 2.98. The maximum Gasteiger partial charge on any atom is 0.251 e. The van der Waals surface area contributed by atoms with Crippen LogP contribution in [0.5, 0.6) is 0 Å². The highest BCUT2D eigenvalue weighted by atomic mass is 79.9. The SMILES string of the molecule is CCC1(CNS(=O)(=O)c2sccc2Br)CC1. The molecular formula is C10H14BrNO2S2. The van der Waals surface area contributed by atoms with Gasteiger partial charge in [-0.1, -0.05) is 6.92 Å². The van der Waals surface area contributed by atoms with Crippen LogP contribution in [0.3, 0.4) is 0 Å². The third-order valence-corrected chi connectivity index (χ3v) is 7.24. The lowest BCUT2D eigenvalue weighted by atomic mass is 10.1. The summed E-state index contributed by atoms with van der Waals surface area (Å²) in [5.41, 5.74) is 0.233. The molecule has 16 heavy (non-hydrogen) atoms. The van der Waals surface area contributed by atoms with Crippen LogP contribution in [0, 0.1) is 5.41 Å². The second kappa shape index (κ2) is 4.40. The Morgan fingerprint density at radius 2 is 2.25 bits per heavy atom. The quantitative estimate of drug-likeness (QED) is 0.905. The van der Waals surface area contributed by atoms with E-state index >= 15 is 0 Å². The zero-order valence-corrected chi connectivity index (χ0v) is 12.2. The number of rotatable bonds is 5. The molecule has 0 unspecified atom stereocenters. The monoisotopic (exact) mass is 323 g/mol. The highest BCUT2D eigenvalue weighted by molar-refractivity contribution is 9.10. The summed E-state index contributed by atoms with van der Waals surface area (Å²) in [6.45, 7) is 2.68. The summed E-state index contributed by atoms with van der Waals surface area (Å²) < 4.78 is 27.7. The molecule has 0 amide bonds. The summed E-state index contributed by atoms with van der Waals surface area (Å²) in [7, 11) is -3.33. The van der Waals surface area contributed by atoms with Gasteiger partial charge in [0.25, 0.3) is 10.0 Å². The Morgan fingerprint density at radius 3 is 2.69 bits per heavy atom. The Kier molecular flexibility index (Phi) is 3.45. The maximum atomic E-state index is 12.0. The second-order valence-corrected chi connectivity index (χ2v) is 7.97. The van der Waals surface area contributed by atoms with E-state index in [1.54, 1.807) is 11.4 Å². The van der Waals surface area contributed by atoms with Crippen LogP contribution in [0.25, 0.3) is 0 Å². The van der Waals surface area contributed by atoms with Crippen molar-refractivity contribution in [2.24, 2.45) is 5.41 Å². The Balaban J connectivity index is 2.07. The predicted molar refractivity (Wildman–Crippen MR) is 69.2 cm³/mol. The van der Waals surface area contributed by atoms with E-state index < -0.39 is 10.0 Å². The van der Waals surface area contributed by atoms with Gasteiger partial charge in [0.2, 0.25) is 0 Å². The van der Waals surface area contributed by atoms with Gasteiger partial charge in [0.15, 0.2) is 0 Å². The number of halogens is 1. The zero-order chi connectivity index (χ0) is 11.8.